The van der Waals surface area contributed by atoms with Gasteiger partial charge in [0.05, 0.1) is 28.0 Å². The van der Waals surface area contributed by atoms with Gasteiger partial charge in [-0.15, -0.1) is 0 Å². The van der Waals surface area contributed by atoms with Crippen LogP contribution in [0.3, 0.4) is 0 Å². The zero-order chi connectivity index (χ0) is 14.8. The Morgan fingerprint density at radius 2 is 2.14 bits per heavy atom. The number of anilines is 1. The number of nitrogens with zero attached hydrogens (tertiary/aromatic N) is 3. The van der Waals surface area contributed by atoms with Crippen LogP contribution < -0.4 is 4.90 Å². The molecule has 0 bridgehead atoms. The van der Waals surface area contributed by atoms with E-state index in [1.54, 1.807) is 12.4 Å². The predicted molar refractivity (Wildman–Crippen MR) is 84.0 cm³/mol. The van der Waals surface area contributed by atoms with Gasteiger partial charge >= 0.3 is 0 Å². The zero-order valence-corrected chi connectivity index (χ0v) is 12.9. The number of hydrogen-bond donors (Lipinski definition) is 1. The van der Waals surface area contributed by atoms with Crippen LogP contribution in [0.15, 0.2) is 41.1 Å². The zero-order valence-electron chi connectivity index (χ0n) is 11.3. The second kappa shape index (κ2) is 5.84. The van der Waals surface area contributed by atoms with Crippen LogP contribution in [0, 0.1) is 11.3 Å². The second-order valence-electron chi connectivity index (χ2n) is 5.04. The van der Waals surface area contributed by atoms with Crippen molar-refractivity contribution in [2.45, 2.75) is 12.5 Å². The van der Waals surface area contributed by atoms with Crippen LogP contribution in [-0.2, 0) is 6.42 Å². The second-order valence-corrected chi connectivity index (χ2v) is 5.89. The number of pyridine rings is 1. The first-order chi connectivity index (χ1) is 10.2. The van der Waals surface area contributed by atoms with Gasteiger partial charge in [-0.2, -0.15) is 5.26 Å². The van der Waals surface area contributed by atoms with Gasteiger partial charge in [-0.25, -0.2) is 0 Å². The van der Waals surface area contributed by atoms with E-state index in [1.807, 2.05) is 29.2 Å². The highest BCUT2D eigenvalue weighted by Crippen LogP contribution is 2.30. The number of benzene rings is 1. The fourth-order valence-electron chi connectivity index (χ4n) is 2.73. The summed E-state index contributed by atoms with van der Waals surface area (Å²) >= 11 is 3.36. The number of aliphatic hydroxyl groups is 1. The van der Waals surface area contributed by atoms with Gasteiger partial charge in [0.1, 0.15) is 6.07 Å². The van der Waals surface area contributed by atoms with Crippen LogP contribution in [0.5, 0.6) is 0 Å². The Labute approximate surface area is 131 Å². The van der Waals surface area contributed by atoms with Crippen LogP contribution in [0.25, 0.3) is 0 Å². The quantitative estimate of drug-likeness (QED) is 0.864. The first-order valence-electron chi connectivity index (χ1n) is 6.75. The Morgan fingerprint density at radius 1 is 1.33 bits per heavy atom. The van der Waals surface area contributed by atoms with Crippen molar-refractivity contribution in [3.8, 4) is 6.07 Å². The van der Waals surface area contributed by atoms with Gasteiger partial charge in [-0.05, 0) is 33.5 Å². The Kier molecular flexibility index (Phi) is 3.91. The van der Waals surface area contributed by atoms with Gasteiger partial charge in [0.2, 0.25) is 0 Å². The lowest BCUT2D eigenvalue weighted by molar-refractivity contribution is 0.185. The Balaban J connectivity index is 1.97. The number of rotatable bonds is 1. The third kappa shape index (κ3) is 2.65. The molecule has 1 aliphatic heterocycles. The van der Waals surface area contributed by atoms with E-state index in [1.165, 1.54) is 0 Å². The molecular formula is C16H14BrN3O. The number of hydrogen-bond acceptors (Lipinski definition) is 4. The Morgan fingerprint density at radius 3 is 2.95 bits per heavy atom. The van der Waals surface area contributed by atoms with E-state index < -0.39 is 6.10 Å². The summed E-state index contributed by atoms with van der Waals surface area (Å²) in [5.41, 5.74) is 3.46. The molecule has 3 rings (SSSR count). The van der Waals surface area contributed by atoms with Gasteiger partial charge in [0, 0.05) is 19.3 Å². The lowest BCUT2D eigenvalue weighted by atomic mass is 10.0. The fourth-order valence-corrected chi connectivity index (χ4v) is 3.14. The highest BCUT2D eigenvalue weighted by molar-refractivity contribution is 9.10. The molecule has 1 aromatic carbocycles. The molecule has 0 spiro atoms. The average molecular weight is 344 g/mol. The summed E-state index contributed by atoms with van der Waals surface area (Å²) in [5, 5.41) is 19.8. The Bertz CT molecular complexity index is 711. The van der Waals surface area contributed by atoms with Crippen molar-refractivity contribution in [3.05, 3.63) is 57.8 Å². The maximum atomic E-state index is 10.4. The molecule has 1 N–H and O–H groups in total. The predicted octanol–water partition coefficient (Wildman–Crippen LogP) is 2.81. The largest absolute Gasteiger partial charge is 0.387 e. The molecule has 106 valence electrons. The summed E-state index contributed by atoms with van der Waals surface area (Å²) in [6, 6.07) is 10.2. The molecule has 4 nitrogen and oxygen atoms in total. The highest BCUT2D eigenvalue weighted by atomic mass is 79.9. The third-order valence-corrected chi connectivity index (χ3v) is 4.39. The summed E-state index contributed by atoms with van der Waals surface area (Å²) in [7, 11) is 0. The molecule has 21 heavy (non-hydrogen) atoms. The van der Waals surface area contributed by atoms with Crippen LogP contribution >= 0.6 is 15.9 Å². The molecule has 1 unspecified atom stereocenters. The number of aliphatic hydroxyl groups excluding tert-OH is 1. The van der Waals surface area contributed by atoms with Crippen molar-refractivity contribution >= 4 is 21.6 Å². The van der Waals surface area contributed by atoms with E-state index in [-0.39, 0.29) is 0 Å². The molecule has 2 heterocycles. The standard InChI is InChI=1S/C16H14BrN3O/c17-14-8-19-9-15(13(14)7-18)20-6-5-11-3-1-2-4-12(11)16(21)10-20/h1-4,8-9,16,21H,5-6,10H2. The average Bonchev–Trinajstić information content (AvgIpc) is 2.67. The minimum atomic E-state index is -0.561. The highest BCUT2D eigenvalue weighted by Gasteiger charge is 2.23. The number of aromatic nitrogens is 1. The molecule has 2 aromatic rings. The summed E-state index contributed by atoms with van der Waals surface area (Å²) in [4.78, 5) is 6.18. The Hall–Kier alpha value is -1.90. The maximum Gasteiger partial charge on any atom is 0.103 e. The minimum absolute atomic E-state index is 0.462. The van der Waals surface area contributed by atoms with Crippen molar-refractivity contribution < 1.29 is 5.11 Å². The van der Waals surface area contributed by atoms with Crippen molar-refractivity contribution in [1.29, 1.82) is 5.26 Å². The first-order valence-corrected chi connectivity index (χ1v) is 7.54. The summed E-state index contributed by atoms with van der Waals surface area (Å²) in [5.74, 6) is 0. The van der Waals surface area contributed by atoms with Crippen LogP contribution in [0.2, 0.25) is 0 Å². The minimum Gasteiger partial charge on any atom is -0.387 e. The van der Waals surface area contributed by atoms with Crippen LogP contribution in [-0.4, -0.2) is 23.2 Å². The number of β-amino-alcohol motifs (C(OH)–C–C–N with tert-alkyl or cyclic N) is 1. The van der Waals surface area contributed by atoms with E-state index in [0.29, 0.717) is 16.6 Å². The number of nitriles is 1. The topological polar surface area (TPSA) is 60.2 Å². The summed E-state index contributed by atoms with van der Waals surface area (Å²) < 4.78 is 0.679. The molecular weight excluding hydrogens is 330 g/mol. The number of fused-ring (bicyclic) bond motifs is 1. The van der Waals surface area contributed by atoms with E-state index in [9.17, 15) is 10.4 Å². The monoisotopic (exact) mass is 343 g/mol. The van der Waals surface area contributed by atoms with Gasteiger partial charge in [-0.3, -0.25) is 4.98 Å². The first kappa shape index (κ1) is 14.1. The van der Waals surface area contributed by atoms with Gasteiger partial charge in [0.25, 0.3) is 0 Å². The van der Waals surface area contributed by atoms with Gasteiger partial charge < -0.3 is 10.0 Å². The summed E-state index contributed by atoms with van der Waals surface area (Å²) in [6.45, 7) is 1.21. The maximum absolute atomic E-state index is 10.4. The molecule has 0 saturated carbocycles. The summed E-state index contributed by atoms with van der Waals surface area (Å²) in [6.07, 6.45) is 3.58. The number of halogens is 1. The molecule has 1 aliphatic rings. The van der Waals surface area contributed by atoms with E-state index in [0.717, 1.165) is 29.8 Å². The van der Waals surface area contributed by atoms with Crippen LogP contribution in [0.1, 0.15) is 22.8 Å². The van der Waals surface area contributed by atoms with Crippen molar-refractivity contribution in [2.75, 3.05) is 18.0 Å². The SMILES string of the molecule is N#Cc1c(Br)cncc1N1CCc2ccccc2C(O)C1. The molecule has 0 fully saturated rings. The van der Waals surface area contributed by atoms with Gasteiger partial charge in [-0.1, -0.05) is 24.3 Å². The van der Waals surface area contributed by atoms with E-state index >= 15 is 0 Å². The lowest BCUT2D eigenvalue weighted by Crippen LogP contribution is -2.29. The smallest absolute Gasteiger partial charge is 0.103 e. The molecule has 0 amide bonds. The van der Waals surface area contributed by atoms with E-state index in [2.05, 4.69) is 27.0 Å². The van der Waals surface area contributed by atoms with E-state index in [4.69, 9.17) is 0 Å². The van der Waals surface area contributed by atoms with Crippen molar-refractivity contribution in [3.63, 3.8) is 0 Å². The van der Waals surface area contributed by atoms with Gasteiger partial charge in [0.15, 0.2) is 0 Å². The van der Waals surface area contributed by atoms with Crippen molar-refractivity contribution in [1.82, 2.24) is 4.98 Å². The molecule has 0 aliphatic carbocycles. The third-order valence-electron chi connectivity index (χ3n) is 3.79. The molecule has 0 saturated heterocycles. The molecule has 1 aromatic heterocycles. The lowest BCUT2D eigenvalue weighted by Gasteiger charge is -2.25. The molecule has 5 heteroatoms. The van der Waals surface area contributed by atoms with Crippen LogP contribution in [0.4, 0.5) is 5.69 Å². The molecule has 0 radical (unpaired) electrons. The fraction of sp³-hybridized carbons (Fsp3) is 0.250. The normalized spacial score (nSPS) is 17.8. The molecule has 1 atom stereocenters. The van der Waals surface area contributed by atoms with Crippen molar-refractivity contribution in [2.24, 2.45) is 0 Å².